The van der Waals surface area contributed by atoms with Gasteiger partial charge in [-0.1, -0.05) is 18.5 Å². The zero-order valence-corrected chi connectivity index (χ0v) is 14.1. The molecule has 120 valence electrons. The van der Waals surface area contributed by atoms with Crippen molar-refractivity contribution in [3.63, 3.8) is 0 Å². The third-order valence-electron chi connectivity index (χ3n) is 5.22. The lowest BCUT2D eigenvalue weighted by atomic mass is 9.95. The molecule has 1 fully saturated rings. The van der Waals surface area contributed by atoms with Gasteiger partial charge in [-0.05, 0) is 37.3 Å². The predicted octanol–water partition coefficient (Wildman–Crippen LogP) is 3.47. The van der Waals surface area contributed by atoms with Crippen molar-refractivity contribution < 1.29 is 0 Å². The van der Waals surface area contributed by atoms with Crippen molar-refractivity contribution >= 4 is 17.4 Å². The lowest BCUT2D eigenvalue weighted by Gasteiger charge is -2.45. The first kappa shape index (κ1) is 14.6. The highest BCUT2D eigenvalue weighted by atomic mass is 35.5. The summed E-state index contributed by atoms with van der Waals surface area (Å²) in [6.45, 7) is 2.33. The summed E-state index contributed by atoms with van der Waals surface area (Å²) >= 11 is 6.56. The zero-order chi connectivity index (χ0) is 16.0. The molecule has 2 atom stereocenters. The summed E-state index contributed by atoms with van der Waals surface area (Å²) in [5.41, 5.74) is 2.03. The molecular formula is C17H20ClN5. The van der Waals surface area contributed by atoms with Crippen LogP contribution in [0.25, 0.3) is 0 Å². The van der Waals surface area contributed by atoms with Gasteiger partial charge in [0.2, 0.25) is 0 Å². The summed E-state index contributed by atoms with van der Waals surface area (Å²) in [5.74, 6) is 1.35. The fourth-order valence-electron chi connectivity index (χ4n) is 4.09. The lowest BCUT2D eigenvalue weighted by molar-refractivity contribution is 0.0377. The van der Waals surface area contributed by atoms with Gasteiger partial charge in [0.15, 0.2) is 0 Å². The van der Waals surface area contributed by atoms with E-state index >= 15 is 0 Å². The summed E-state index contributed by atoms with van der Waals surface area (Å²) in [5, 5.41) is 4.08. The van der Waals surface area contributed by atoms with Crippen LogP contribution in [0.15, 0.2) is 53.5 Å². The number of anilines is 1. The number of hydrogen-bond acceptors (Lipinski definition) is 5. The van der Waals surface area contributed by atoms with Crippen LogP contribution in [0.1, 0.15) is 26.2 Å². The maximum Gasteiger partial charge on any atom is 0.133 e. The van der Waals surface area contributed by atoms with Crippen molar-refractivity contribution in [1.82, 2.24) is 19.8 Å². The largest absolute Gasteiger partial charge is 0.355 e. The van der Waals surface area contributed by atoms with E-state index in [9.17, 15) is 0 Å². The first-order valence-corrected chi connectivity index (χ1v) is 8.35. The molecule has 0 amide bonds. The second kappa shape index (κ2) is 5.27. The molecule has 6 heteroatoms. The van der Waals surface area contributed by atoms with Crippen LogP contribution in [-0.2, 0) is 0 Å². The van der Waals surface area contributed by atoms with Crippen LogP contribution < -0.4 is 5.32 Å². The summed E-state index contributed by atoms with van der Waals surface area (Å²) < 4.78 is 0. The number of hydrogen-bond donors (Lipinski definition) is 1. The second-order valence-electron chi connectivity index (χ2n) is 6.46. The van der Waals surface area contributed by atoms with Crippen molar-refractivity contribution in [3.05, 3.63) is 53.5 Å². The Bertz CT molecular complexity index is 711. The summed E-state index contributed by atoms with van der Waals surface area (Å²) in [6.07, 6.45) is 13.2. The quantitative estimate of drug-likeness (QED) is 0.900. The molecular weight excluding hydrogens is 310 g/mol. The molecule has 1 saturated carbocycles. The van der Waals surface area contributed by atoms with E-state index in [0.29, 0.717) is 5.92 Å². The third kappa shape index (κ3) is 2.14. The van der Waals surface area contributed by atoms with Crippen LogP contribution in [0.5, 0.6) is 0 Å². The van der Waals surface area contributed by atoms with Gasteiger partial charge in [0.05, 0.1) is 16.4 Å². The third-order valence-corrected chi connectivity index (χ3v) is 5.53. The van der Waals surface area contributed by atoms with E-state index < -0.39 is 0 Å². The topological polar surface area (TPSA) is 44.3 Å². The smallest absolute Gasteiger partial charge is 0.133 e. The lowest BCUT2D eigenvalue weighted by Crippen LogP contribution is -2.53. The van der Waals surface area contributed by atoms with E-state index in [1.165, 1.54) is 19.2 Å². The maximum atomic E-state index is 6.56. The predicted molar refractivity (Wildman–Crippen MR) is 91.1 cm³/mol. The molecule has 0 saturated heterocycles. The van der Waals surface area contributed by atoms with Gasteiger partial charge in [-0.15, -0.1) is 0 Å². The van der Waals surface area contributed by atoms with Gasteiger partial charge in [-0.2, -0.15) is 0 Å². The van der Waals surface area contributed by atoms with Crippen molar-refractivity contribution in [2.24, 2.45) is 5.92 Å². The molecule has 0 radical (unpaired) electrons. The van der Waals surface area contributed by atoms with E-state index in [-0.39, 0.29) is 5.66 Å². The number of halogens is 1. The maximum absolute atomic E-state index is 6.56. The Labute approximate surface area is 141 Å². The summed E-state index contributed by atoms with van der Waals surface area (Å²) in [4.78, 5) is 12.8. The van der Waals surface area contributed by atoms with Crippen LogP contribution in [-0.4, -0.2) is 32.5 Å². The van der Waals surface area contributed by atoms with Crippen LogP contribution in [0.4, 0.5) is 5.82 Å². The van der Waals surface area contributed by atoms with Crippen LogP contribution in [0.2, 0.25) is 0 Å². The molecule has 4 rings (SSSR count). The highest BCUT2D eigenvalue weighted by Gasteiger charge is 2.52. The number of allylic oxidation sites excluding steroid dienone is 2. The Kier molecular flexibility index (Phi) is 3.34. The van der Waals surface area contributed by atoms with E-state index in [1.54, 1.807) is 6.20 Å². The molecule has 1 spiro atoms. The van der Waals surface area contributed by atoms with Crippen molar-refractivity contribution in [2.45, 2.75) is 31.8 Å². The number of nitrogens with one attached hydrogen (secondary N) is 1. The highest BCUT2D eigenvalue weighted by Crippen LogP contribution is 2.50. The Morgan fingerprint density at radius 2 is 2.26 bits per heavy atom. The van der Waals surface area contributed by atoms with Gasteiger partial charge in [-0.25, -0.2) is 9.97 Å². The van der Waals surface area contributed by atoms with E-state index in [0.717, 1.165) is 28.7 Å². The van der Waals surface area contributed by atoms with Gasteiger partial charge in [0.1, 0.15) is 17.8 Å². The summed E-state index contributed by atoms with van der Waals surface area (Å²) in [7, 11) is 2.16. The standard InChI is InChI=1S/C17H20ClN5/c1-12-4-3-6-17(12)22(2)10-15-14(18)8-13(9-23(15)17)21-16-5-7-19-11-20-16/h5,7-12H,3-4,6H2,1-2H3,(H,19,20,21). The fourth-order valence-corrected chi connectivity index (χ4v) is 4.35. The molecule has 3 aliphatic rings. The molecule has 5 nitrogen and oxygen atoms in total. The molecule has 1 aromatic rings. The van der Waals surface area contributed by atoms with Gasteiger partial charge in [0.25, 0.3) is 0 Å². The Morgan fingerprint density at radius 1 is 1.39 bits per heavy atom. The molecule has 0 bridgehead atoms. The Hall–Kier alpha value is -2.01. The molecule has 1 aliphatic carbocycles. The number of fused-ring (bicyclic) bond motifs is 2. The van der Waals surface area contributed by atoms with Crippen LogP contribution in [0, 0.1) is 5.92 Å². The molecule has 1 N–H and O–H groups in total. The van der Waals surface area contributed by atoms with E-state index in [4.69, 9.17) is 11.6 Å². The average Bonchev–Trinajstić information content (AvgIpc) is 3.05. The fraction of sp³-hybridized carbons (Fsp3) is 0.412. The van der Waals surface area contributed by atoms with Crippen molar-refractivity contribution in [1.29, 1.82) is 0 Å². The Balaban J connectivity index is 1.70. The number of nitrogens with zero attached hydrogens (tertiary/aromatic N) is 4. The van der Waals surface area contributed by atoms with Gasteiger partial charge in [-0.3, -0.25) is 0 Å². The first-order chi connectivity index (χ1) is 11.1. The second-order valence-corrected chi connectivity index (χ2v) is 6.87. The van der Waals surface area contributed by atoms with E-state index in [1.807, 2.05) is 12.1 Å². The monoisotopic (exact) mass is 329 g/mol. The minimum absolute atomic E-state index is 0.00232. The summed E-state index contributed by atoms with van der Waals surface area (Å²) in [6, 6.07) is 1.85. The SMILES string of the molecule is CC1CCCC12N(C)C=C1C(Cl)=CC(Nc3ccncn3)=CN12. The number of rotatable bonds is 2. The van der Waals surface area contributed by atoms with Crippen molar-refractivity contribution in [3.8, 4) is 0 Å². The van der Waals surface area contributed by atoms with E-state index in [2.05, 4.69) is 51.5 Å². The minimum Gasteiger partial charge on any atom is -0.355 e. The highest BCUT2D eigenvalue weighted by molar-refractivity contribution is 6.32. The van der Waals surface area contributed by atoms with Crippen LogP contribution >= 0.6 is 11.6 Å². The number of aromatic nitrogens is 2. The minimum atomic E-state index is 0.00232. The Morgan fingerprint density at radius 3 is 2.96 bits per heavy atom. The van der Waals surface area contributed by atoms with Gasteiger partial charge in [0, 0.05) is 25.6 Å². The normalized spacial score (nSPS) is 29.3. The molecule has 2 aliphatic heterocycles. The average molecular weight is 330 g/mol. The first-order valence-electron chi connectivity index (χ1n) is 7.98. The molecule has 23 heavy (non-hydrogen) atoms. The van der Waals surface area contributed by atoms with Gasteiger partial charge >= 0.3 is 0 Å². The molecule has 1 aromatic heterocycles. The molecule has 2 unspecified atom stereocenters. The molecule has 0 aromatic carbocycles. The van der Waals surface area contributed by atoms with Gasteiger partial charge < -0.3 is 15.1 Å². The zero-order valence-electron chi connectivity index (χ0n) is 13.3. The van der Waals surface area contributed by atoms with Crippen molar-refractivity contribution in [2.75, 3.05) is 12.4 Å². The van der Waals surface area contributed by atoms with Crippen LogP contribution in [0.3, 0.4) is 0 Å². The molecule has 3 heterocycles.